The highest BCUT2D eigenvalue weighted by Gasteiger charge is 2.51. The third-order valence-corrected chi connectivity index (χ3v) is 16.5. The molecule has 0 unspecified atom stereocenters. The summed E-state index contributed by atoms with van der Waals surface area (Å²) in [6.45, 7) is 24.5. The maximum Gasteiger partial charge on any atom is 0.192 e. The molecule has 5 atom stereocenters. The minimum absolute atomic E-state index is 0.109. The average Bonchev–Trinajstić information content (AvgIpc) is 2.37. The Bertz CT molecular complexity index is 457. The zero-order valence-electron chi connectivity index (χ0n) is 17.9. The topological polar surface area (TPSA) is 47.9 Å². The van der Waals surface area contributed by atoms with Crippen molar-refractivity contribution in [1.29, 1.82) is 0 Å². The average molecular weight is 503 g/mol. The molecule has 0 aromatic rings. The number of hydrogen-bond donors (Lipinski definition) is 1. The van der Waals surface area contributed by atoms with Crippen LogP contribution in [0.1, 0.15) is 48.5 Å². The smallest absolute Gasteiger partial charge is 0.192 e. The highest BCUT2D eigenvalue weighted by atomic mass is 127. The van der Waals surface area contributed by atoms with Gasteiger partial charge in [-0.05, 0) is 43.2 Å². The van der Waals surface area contributed by atoms with Gasteiger partial charge in [-0.2, -0.15) is 0 Å². The number of aliphatic hydroxyl groups is 1. The van der Waals surface area contributed by atoms with Gasteiger partial charge in [0.25, 0.3) is 0 Å². The zero-order valence-corrected chi connectivity index (χ0v) is 22.1. The van der Waals surface area contributed by atoms with E-state index in [9.17, 15) is 5.11 Å². The van der Waals surface area contributed by atoms with E-state index in [1.165, 1.54) is 0 Å². The Hall–Kier alpha value is 1.00. The van der Waals surface area contributed by atoms with Crippen molar-refractivity contribution < 1.29 is 18.7 Å². The van der Waals surface area contributed by atoms with Crippen LogP contribution in [0.25, 0.3) is 0 Å². The van der Waals surface area contributed by atoms with Crippen molar-refractivity contribution >= 4 is 39.2 Å². The molecule has 1 rings (SSSR count). The van der Waals surface area contributed by atoms with Gasteiger partial charge in [-0.15, -0.1) is 0 Å². The molecule has 0 radical (unpaired) electrons. The minimum atomic E-state index is -1.99. The van der Waals surface area contributed by atoms with Gasteiger partial charge in [0.05, 0.1) is 22.2 Å². The molecule has 1 aliphatic rings. The van der Waals surface area contributed by atoms with E-state index >= 15 is 0 Å². The van der Waals surface area contributed by atoms with Gasteiger partial charge in [-0.3, -0.25) is 0 Å². The summed E-state index contributed by atoms with van der Waals surface area (Å²) in [6, 6.07) is 0. The fourth-order valence-electron chi connectivity index (χ4n) is 2.31. The molecule has 0 saturated carbocycles. The lowest BCUT2D eigenvalue weighted by Crippen LogP contribution is -2.63. The van der Waals surface area contributed by atoms with E-state index in [2.05, 4.69) is 90.3 Å². The Morgan fingerprint density at radius 2 is 1.20 bits per heavy atom. The first kappa shape index (κ1) is 24.0. The van der Waals surface area contributed by atoms with Crippen LogP contribution < -0.4 is 0 Å². The number of hydrogen-bond acceptors (Lipinski definition) is 4. The number of aliphatic hydroxyl groups excluding tert-OH is 1. The van der Waals surface area contributed by atoms with Crippen LogP contribution >= 0.6 is 22.6 Å². The van der Waals surface area contributed by atoms with E-state index in [0.29, 0.717) is 0 Å². The van der Waals surface area contributed by atoms with Gasteiger partial charge in [-0.25, -0.2) is 0 Å². The SMILES string of the molecule is C[C@H]1O[C@@H](O)[C@H](I)[C@@H](O[Si](C)(C)C(C)(C)C)[C@@H]1O[Si](C)(C)C(C)(C)C. The summed E-state index contributed by atoms with van der Waals surface area (Å²) in [5, 5.41) is 10.6. The first-order valence-corrected chi connectivity index (χ1v) is 16.3. The number of rotatable bonds is 4. The molecule has 25 heavy (non-hydrogen) atoms. The van der Waals surface area contributed by atoms with Gasteiger partial charge >= 0.3 is 0 Å². The molecule has 4 nitrogen and oxygen atoms in total. The molecule has 150 valence electrons. The Kier molecular flexibility index (Phi) is 7.49. The molecule has 0 aromatic heterocycles. The maximum atomic E-state index is 10.4. The number of halogens is 1. The Labute approximate surface area is 170 Å². The molecular weight excluding hydrogens is 463 g/mol. The summed E-state index contributed by atoms with van der Waals surface area (Å²) >= 11 is 2.27. The van der Waals surface area contributed by atoms with Crippen LogP contribution in [0, 0.1) is 0 Å². The summed E-state index contributed by atoms with van der Waals surface area (Å²) in [4.78, 5) is 0. The van der Waals surface area contributed by atoms with E-state index in [4.69, 9.17) is 13.6 Å². The molecular formula is C18H39IO4Si2. The first-order valence-electron chi connectivity index (χ1n) is 9.24. The summed E-state index contributed by atoms with van der Waals surface area (Å²) in [6.07, 6.45) is -1.32. The van der Waals surface area contributed by atoms with Crippen molar-refractivity contribution in [3.05, 3.63) is 0 Å². The van der Waals surface area contributed by atoms with Crippen LogP contribution in [0.3, 0.4) is 0 Å². The molecule has 1 N–H and O–H groups in total. The first-order chi connectivity index (χ1) is 10.9. The van der Waals surface area contributed by atoms with Crippen LogP contribution in [-0.2, 0) is 13.6 Å². The summed E-state index contributed by atoms with van der Waals surface area (Å²) < 4.78 is 19.1. The normalized spacial score (nSPS) is 32.8. The Morgan fingerprint density at radius 1 is 0.840 bits per heavy atom. The molecule has 1 aliphatic heterocycles. The fraction of sp³-hybridized carbons (Fsp3) is 1.00. The van der Waals surface area contributed by atoms with E-state index in [-0.39, 0.29) is 32.3 Å². The Morgan fingerprint density at radius 3 is 1.56 bits per heavy atom. The lowest BCUT2D eigenvalue weighted by atomic mass is 10.0. The zero-order chi connectivity index (χ0) is 20.0. The van der Waals surface area contributed by atoms with E-state index < -0.39 is 22.9 Å². The molecule has 1 fully saturated rings. The van der Waals surface area contributed by atoms with Crippen molar-refractivity contribution in [1.82, 2.24) is 0 Å². The standard InChI is InChI=1S/C18H39IO4Si2/c1-12-14(22-24(8,9)17(2,3)4)15(13(19)16(20)21-12)23-25(10,11)18(5,6)7/h12-16,20H,1-11H3/t12-,13-,14-,15-,16-/m1/s1. The number of ether oxygens (including phenoxy) is 1. The molecule has 0 aliphatic carbocycles. The molecule has 0 amide bonds. The second kappa shape index (κ2) is 7.79. The van der Waals surface area contributed by atoms with Crippen molar-refractivity contribution in [2.45, 2.75) is 113 Å². The summed E-state index contributed by atoms with van der Waals surface area (Å²) in [5.41, 5.74) is 0. The highest BCUT2D eigenvalue weighted by Crippen LogP contribution is 2.43. The predicted octanol–water partition coefficient (Wildman–Crippen LogP) is 5.31. The van der Waals surface area contributed by atoms with Crippen LogP contribution in [0.4, 0.5) is 0 Å². The van der Waals surface area contributed by atoms with Crippen LogP contribution in [0.15, 0.2) is 0 Å². The highest BCUT2D eigenvalue weighted by molar-refractivity contribution is 14.1. The molecule has 0 aromatic carbocycles. The maximum absolute atomic E-state index is 10.4. The van der Waals surface area contributed by atoms with Gasteiger partial charge in [0.2, 0.25) is 0 Å². The van der Waals surface area contributed by atoms with Gasteiger partial charge in [0.1, 0.15) is 0 Å². The molecule has 0 bridgehead atoms. The van der Waals surface area contributed by atoms with Crippen molar-refractivity contribution in [2.24, 2.45) is 0 Å². The van der Waals surface area contributed by atoms with Crippen molar-refractivity contribution in [2.75, 3.05) is 0 Å². The quantitative estimate of drug-likeness (QED) is 0.322. The van der Waals surface area contributed by atoms with Crippen LogP contribution in [-0.4, -0.2) is 50.3 Å². The predicted molar refractivity (Wildman–Crippen MR) is 119 cm³/mol. The fourth-order valence-corrected chi connectivity index (χ4v) is 5.99. The van der Waals surface area contributed by atoms with Gasteiger partial charge < -0.3 is 18.7 Å². The van der Waals surface area contributed by atoms with E-state index in [1.807, 2.05) is 6.92 Å². The molecule has 0 spiro atoms. The van der Waals surface area contributed by atoms with Crippen LogP contribution in [0.5, 0.6) is 0 Å². The lowest BCUT2D eigenvalue weighted by Gasteiger charge is -2.50. The monoisotopic (exact) mass is 502 g/mol. The summed E-state index contributed by atoms with van der Waals surface area (Å²) in [5.74, 6) is 0. The molecule has 1 heterocycles. The van der Waals surface area contributed by atoms with E-state index in [1.54, 1.807) is 0 Å². The number of alkyl halides is 1. The summed E-state index contributed by atoms with van der Waals surface area (Å²) in [7, 11) is -3.97. The van der Waals surface area contributed by atoms with Gasteiger partial charge in [0.15, 0.2) is 22.9 Å². The van der Waals surface area contributed by atoms with Gasteiger partial charge in [-0.1, -0.05) is 64.1 Å². The minimum Gasteiger partial charge on any atom is -0.410 e. The second-order valence-electron chi connectivity index (χ2n) is 10.4. The lowest BCUT2D eigenvalue weighted by molar-refractivity contribution is -0.212. The van der Waals surface area contributed by atoms with Crippen LogP contribution in [0.2, 0.25) is 36.3 Å². The molecule has 7 heteroatoms. The van der Waals surface area contributed by atoms with E-state index in [0.717, 1.165) is 0 Å². The van der Waals surface area contributed by atoms with Gasteiger partial charge in [0, 0.05) is 0 Å². The van der Waals surface area contributed by atoms with Crippen molar-refractivity contribution in [3.8, 4) is 0 Å². The van der Waals surface area contributed by atoms with Crippen molar-refractivity contribution in [3.63, 3.8) is 0 Å². The second-order valence-corrected chi connectivity index (χ2v) is 21.3. The molecule has 1 saturated heterocycles. The Balaban J connectivity index is 3.17. The third-order valence-electron chi connectivity index (χ3n) is 6.20. The largest absolute Gasteiger partial charge is 0.410 e. The third kappa shape index (κ3) is 5.51.